The van der Waals surface area contributed by atoms with Crippen LogP contribution in [0.2, 0.25) is 0 Å². The number of hydrogen-bond acceptors (Lipinski definition) is 2. The van der Waals surface area contributed by atoms with E-state index in [1.54, 1.807) is 24.3 Å². The smallest absolute Gasteiger partial charge is 0.508 e. The molecule has 2 aromatic rings. The van der Waals surface area contributed by atoms with Crippen molar-refractivity contribution in [3.05, 3.63) is 108 Å². The maximum absolute atomic E-state index is 9.06. The molecule has 2 aliphatic rings. The summed E-state index contributed by atoms with van der Waals surface area (Å²) in [6, 6.07) is 14.7. The van der Waals surface area contributed by atoms with Gasteiger partial charge in [0, 0.05) is 0 Å². The van der Waals surface area contributed by atoms with Crippen LogP contribution >= 0.6 is 0 Å². The summed E-state index contributed by atoms with van der Waals surface area (Å²) in [6.45, 7) is 8.42. The monoisotopic (exact) mass is 492 g/mol. The Labute approximate surface area is 207 Å². The van der Waals surface area contributed by atoms with Gasteiger partial charge in [-0.15, -0.1) is 12.8 Å². The van der Waals surface area contributed by atoms with Crippen LogP contribution in [0.3, 0.4) is 0 Å². The molecule has 2 aromatic carbocycles. The van der Waals surface area contributed by atoms with E-state index < -0.39 is 0 Å². The number of phenolic OH excluding ortho intramolecular Hbond substituents is 2. The summed E-state index contributed by atoms with van der Waals surface area (Å²) < 4.78 is 0. The van der Waals surface area contributed by atoms with E-state index in [0.717, 1.165) is 12.8 Å². The predicted octanol–water partition coefficient (Wildman–Crippen LogP) is 7.64. The van der Waals surface area contributed by atoms with Crippen LogP contribution in [0.4, 0.5) is 0 Å². The van der Waals surface area contributed by atoms with Crippen LogP contribution in [0.1, 0.15) is 63.5 Å². The number of phenols is 2. The van der Waals surface area contributed by atoms with Gasteiger partial charge in [-0.2, -0.15) is 12.2 Å². The molecule has 4 rings (SSSR count). The van der Waals surface area contributed by atoms with Gasteiger partial charge in [0.2, 0.25) is 0 Å². The van der Waals surface area contributed by atoms with Crippen molar-refractivity contribution >= 4 is 0 Å². The van der Waals surface area contributed by atoms with Gasteiger partial charge in [0.25, 0.3) is 0 Å². The van der Waals surface area contributed by atoms with Gasteiger partial charge in [0.1, 0.15) is 11.5 Å². The van der Waals surface area contributed by atoms with Crippen molar-refractivity contribution < 1.29 is 36.4 Å². The third-order valence-electron chi connectivity index (χ3n) is 4.25. The van der Waals surface area contributed by atoms with Crippen molar-refractivity contribution in [3.63, 3.8) is 0 Å². The SMILES string of the molecule is CC(C)c1cccc(O)c1.CC(C)c1cccc(O)c1.[C-]1=CC=CC1.[C-]1=CC=CC1.[Zr+2]. The second-order valence-corrected chi connectivity index (χ2v) is 7.51. The molecular formula is C28H34O2Zr. The number of hydrogen-bond donors (Lipinski definition) is 2. The predicted molar refractivity (Wildman–Crippen MR) is 128 cm³/mol. The summed E-state index contributed by atoms with van der Waals surface area (Å²) in [7, 11) is 0. The van der Waals surface area contributed by atoms with Crippen molar-refractivity contribution in [1.82, 2.24) is 0 Å². The largest absolute Gasteiger partial charge is 2.00 e. The zero-order valence-electron chi connectivity index (χ0n) is 19.0. The van der Waals surface area contributed by atoms with Gasteiger partial charge in [-0.25, -0.2) is 24.3 Å². The van der Waals surface area contributed by atoms with Crippen LogP contribution < -0.4 is 0 Å². The summed E-state index contributed by atoms with van der Waals surface area (Å²) in [4.78, 5) is 0. The number of benzene rings is 2. The molecule has 0 heterocycles. The molecule has 0 spiro atoms. The molecule has 0 saturated heterocycles. The summed E-state index contributed by atoms with van der Waals surface area (Å²) in [5.41, 5.74) is 2.36. The zero-order valence-corrected chi connectivity index (χ0v) is 21.5. The van der Waals surface area contributed by atoms with E-state index in [-0.39, 0.29) is 26.2 Å². The Balaban J connectivity index is 0.000000401. The van der Waals surface area contributed by atoms with Gasteiger partial charge < -0.3 is 10.2 Å². The summed E-state index contributed by atoms with van der Waals surface area (Å²) in [5.74, 6) is 1.69. The topological polar surface area (TPSA) is 40.5 Å². The molecule has 2 nitrogen and oxygen atoms in total. The molecule has 3 heteroatoms. The Morgan fingerprint density at radius 3 is 1.23 bits per heavy atom. The maximum atomic E-state index is 9.06. The van der Waals surface area contributed by atoms with Crippen molar-refractivity contribution in [2.45, 2.75) is 52.4 Å². The van der Waals surface area contributed by atoms with E-state index >= 15 is 0 Å². The first-order valence-corrected chi connectivity index (χ1v) is 10.4. The first-order chi connectivity index (χ1) is 14.4. The number of aromatic hydroxyl groups is 2. The zero-order chi connectivity index (χ0) is 22.2. The molecule has 31 heavy (non-hydrogen) atoms. The fourth-order valence-corrected chi connectivity index (χ4v) is 2.45. The van der Waals surface area contributed by atoms with Crippen molar-refractivity contribution in [2.75, 3.05) is 0 Å². The van der Waals surface area contributed by atoms with E-state index in [1.807, 2.05) is 48.6 Å². The molecular weight excluding hydrogens is 460 g/mol. The quantitative estimate of drug-likeness (QED) is 0.422. The van der Waals surface area contributed by atoms with E-state index in [0.29, 0.717) is 23.3 Å². The Kier molecular flexibility index (Phi) is 16.4. The minimum Gasteiger partial charge on any atom is -0.508 e. The molecule has 0 amide bonds. The van der Waals surface area contributed by atoms with Gasteiger partial charge in [-0.3, -0.25) is 12.2 Å². The van der Waals surface area contributed by atoms with Gasteiger partial charge in [0.15, 0.2) is 0 Å². The molecule has 0 unspecified atom stereocenters. The molecule has 0 aliphatic heterocycles. The summed E-state index contributed by atoms with van der Waals surface area (Å²) in [6.07, 6.45) is 20.0. The average molecular weight is 494 g/mol. The van der Waals surface area contributed by atoms with Gasteiger partial charge in [-0.05, 0) is 47.2 Å². The molecule has 0 fully saturated rings. The van der Waals surface area contributed by atoms with Crippen LogP contribution in [0.15, 0.2) is 85.0 Å². The Morgan fingerprint density at radius 1 is 0.677 bits per heavy atom. The Morgan fingerprint density at radius 2 is 1.06 bits per heavy atom. The fraction of sp³-hybridized carbons (Fsp3) is 0.286. The van der Waals surface area contributed by atoms with E-state index in [9.17, 15) is 0 Å². The van der Waals surface area contributed by atoms with Crippen LogP contribution in [0, 0.1) is 12.2 Å². The molecule has 0 radical (unpaired) electrons. The maximum Gasteiger partial charge on any atom is 2.00 e. The van der Waals surface area contributed by atoms with Crippen LogP contribution in [0.5, 0.6) is 11.5 Å². The molecule has 0 atom stereocenters. The molecule has 0 saturated carbocycles. The standard InChI is InChI=1S/2C9H12O.2C5H5.Zr/c2*1-7(2)8-4-3-5-9(10)6-8;2*1-2-4-5-3-1;/h2*3-7,10H,1-2H3;2*1-3H,4H2;/q;;2*-1;+2. The van der Waals surface area contributed by atoms with E-state index in [2.05, 4.69) is 52.0 Å². The normalized spacial score (nSPS) is 12.3. The third-order valence-corrected chi connectivity index (χ3v) is 4.25. The fourth-order valence-electron chi connectivity index (χ4n) is 2.45. The first-order valence-electron chi connectivity index (χ1n) is 10.4. The molecule has 2 aliphatic carbocycles. The van der Waals surface area contributed by atoms with Gasteiger partial charge >= 0.3 is 26.2 Å². The van der Waals surface area contributed by atoms with Crippen molar-refractivity contribution in [1.29, 1.82) is 0 Å². The van der Waals surface area contributed by atoms with Crippen LogP contribution in [-0.2, 0) is 26.2 Å². The molecule has 162 valence electrons. The second kappa shape index (κ2) is 17.6. The number of allylic oxidation sites excluding steroid dienone is 8. The summed E-state index contributed by atoms with van der Waals surface area (Å²) in [5, 5.41) is 18.1. The van der Waals surface area contributed by atoms with Gasteiger partial charge in [0.05, 0.1) is 0 Å². The first kappa shape index (κ1) is 28.9. The second-order valence-electron chi connectivity index (χ2n) is 7.51. The van der Waals surface area contributed by atoms with Gasteiger partial charge in [-0.1, -0.05) is 52.0 Å². The van der Waals surface area contributed by atoms with Crippen molar-refractivity contribution in [2.24, 2.45) is 0 Å². The molecule has 2 N–H and O–H groups in total. The van der Waals surface area contributed by atoms with Crippen LogP contribution in [-0.4, -0.2) is 10.2 Å². The van der Waals surface area contributed by atoms with Crippen LogP contribution in [0.25, 0.3) is 0 Å². The summed E-state index contributed by atoms with van der Waals surface area (Å²) >= 11 is 0. The molecule has 0 bridgehead atoms. The number of rotatable bonds is 2. The van der Waals surface area contributed by atoms with E-state index in [1.165, 1.54) is 11.1 Å². The Hall–Kier alpha value is -2.12. The molecule has 0 aromatic heterocycles. The van der Waals surface area contributed by atoms with Crippen molar-refractivity contribution in [3.8, 4) is 11.5 Å². The van der Waals surface area contributed by atoms with E-state index in [4.69, 9.17) is 10.2 Å². The average Bonchev–Trinajstić information content (AvgIpc) is 3.47. The Bertz CT molecular complexity index is 754. The minimum atomic E-state index is 0. The minimum absolute atomic E-state index is 0. The third kappa shape index (κ3) is 14.5.